The van der Waals surface area contributed by atoms with Crippen molar-refractivity contribution in [1.82, 2.24) is 0 Å². The average Bonchev–Trinajstić information content (AvgIpc) is 1.82. The van der Waals surface area contributed by atoms with Crippen molar-refractivity contribution in [2.75, 3.05) is 6.61 Å². The van der Waals surface area contributed by atoms with Gasteiger partial charge < -0.3 is 14.9 Å². The maximum Gasteiger partial charge on any atom is 0.334 e. The molecule has 0 saturated heterocycles. The molecule has 0 aliphatic heterocycles. The smallest absolute Gasteiger partial charge is 0.334 e. The van der Waals surface area contributed by atoms with E-state index in [1.165, 1.54) is 13.8 Å². The molecule has 60 valence electrons. The molecule has 0 radical (unpaired) electrons. The molecule has 0 heterocycles. The van der Waals surface area contributed by atoms with E-state index in [1.807, 2.05) is 0 Å². The van der Waals surface area contributed by atoms with E-state index in [2.05, 4.69) is 4.74 Å². The first-order valence-corrected chi connectivity index (χ1v) is 3.06. The van der Waals surface area contributed by atoms with Gasteiger partial charge in [-0.1, -0.05) is 0 Å². The molecule has 4 heteroatoms. The van der Waals surface area contributed by atoms with Crippen LogP contribution >= 0.6 is 0 Å². The van der Waals surface area contributed by atoms with Crippen LogP contribution in [0.4, 0.5) is 0 Å². The summed E-state index contributed by atoms with van der Waals surface area (Å²) in [7, 11) is 0. The van der Waals surface area contributed by atoms with Gasteiger partial charge in [-0.3, -0.25) is 0 Å². The summed E-state index contributed by atoms with van der Waals surface area (Å²) in [4.78, 5) is 10.5. The number of hydrogen-bond acceptors (Lipinski definition) is 4. The first kappa shape index (κ1) is 9.39. The summed E-state index contributed by atoms with van der Waals surface area (Å²) >= 11 is 0. The first-order valence-electron chi connectivity index (χ1n) is 3.06. The predicted octanol–water partition coefficient (Wildman–Crippen LogP) is -0.709. The zero-order valence-electron chi connectivity index (χ0n) is 6.07. The Hall–Kier alpha value is -0.610. The highest BCUT2D eigenvalue weighted by Gasteiger charge is 2.10. The molecule has 2 N–H and O–H groups in total. The number of ether oxygens (including phenoxy) is 1. The molecule has 10 heavy (non-hydrogen) atoms. The Bertz CT molecular complexity index is 108. The summed E-state index contributed by atoms with van der Waals surface area (Å²) in [5, 5.41) is 17.2. The van der Waals surface area contributed by atoms with Crippen molar-refractivity contribution >= 4 is 5.97 Å². The zero-order valence-corrected chi connectivity index (χ0v) is 6.07. The molecule has 0 aromatic carbocycles. The standard InChI is InChI=1S/C6H12O4/c1-4(7)3-10-6(9)5(2)8/h4-5,7-8H,3H2,1-2H3/t4-,5+/m1/s1. The van der Waals surface area contributed by atoms with Gasteiger partial charge in [0.25, 0.3) is 0 Å². The Morgan fingerprint density at radius 2 is 2.00 bits per heavy atom. The van der Waals surface area contributed by atoms with Crippen molar-refractivity contribution in [2.45, 2.75) is 26.1 Å². The number of aliphatic hydroxyl groups is 2. The number of aliphatic hydroxyl groups excluding tert-OH is 2. The lowest BCUT2D eigenvalue weighted by Crippen LogP contribution is -2.23. The molecule has 4 nitrogen and oxygen atoms in total. The van der Waals surface area contributed by atoms with Crippen LogP contribution < -0.4 is 0 Å². The summed E-state index contributed by atoms with van der Waals surface area (Å²) in [6, 6.07) is 0. The fraction of sp³-hybridized carbons (Fsp3) is 0.833. The Balaban J connectivity index is 3.40. The molecule has 0 aliphatic carbocycles. The minimum absolute atomic E-state index is 0.0657. The lowest BCUT2D eigenvalue weighted by Gasteiger charge is -2.07. The summed E-state index contributed by atoms with van der Waals surface area (Å²) in [5.74, 6) is -0.707. The minimum Gasteiger partial charge on any atom is -0.461 e. The van der Waals surface area contributed by atoms with E-state index in [9.17, 15) is 4.79 Å². The second-order valence-electron chi connectivity index (χ2n) is 2.16. The molecule has 0 bridgehead atoms. The number of hydrogen-bond donors (Lipinski definition) is 2. The lowest BCUT2D eigenvalue weighted by molar-refractivity contribution is -0.155. The van der Waals surface area contributed by atoms with Crippen molar-refractivity contribution in [2.24, 2.45) is 0 Å². The first-order chi connectivity index (χ1) is 4.54. The van der Waals surface area contributed by atoms with Gasteiger partial charge in [0, 0.05) is 0 Å². The van der Waals surface area contributed by atoms with Crippen LogP contribution in [-0.4, -0.2) is 35.0 Å². The van der Waals surface area contributed by atoms with Crippen LogP contribution in [0, 0.1) is 0 Å². The third kappa shape index (κ3) is 4.29. The summed E-state index contributed by atoms with van der Waals surface area (Å²) in [6.07, 6.45) is -1.79. The Morgan fingerprint density at radius 1 is 1.50 bits per heavy atom. The van der Waals surface area contributed by atoms with Crippen molar-refractivity contribution in [3.63, 3.8) is 0 Å². The highest BCUT2D eigenvalue weighted by Crippen LogP contribution is 1.88. The Morgan fingerprint density at radius 3 is 2.30 bits per heavy atom. The van der Waals surface area contributed by atoms with Crippen LogP contribution in [-0.2, 0) is 9.53 Å². The molecule has 0 aromatic rings. The molecule has 0 amide bonds. The van der Waals surface area contributed by atoms with Gasteiger partial charge in [-0.25, -0.2) is 4.79 Å². The van der Waals surface area contributed by atoms with Crippen LogP contribution in [0.5, 0.6) is 0 Å². The summed E-state index contributed by atoms with van der Waals surface area (Å²) in [6.45, 7) is 2.74. The highest BCUT2D eigenvalue weighted by atomic mass is 16.6. The third-order valence-electron chi connectivity index (χ3n) is 0.808. The highest BCUT2D eigenvalue weighted by molar-refractivity contribution is 5.73. The fourth-order valence-corrected chi connectivity index (χ4v) is 0.323. The van der Waals surface area contributed by atoms with Gasteiger partial charge in [-0.05, 0) is 13.8 Å². The van der Waals surface area contributed by atoms with Crippen LogP contribution in [0.1, 0.15) is 13.8 Å². The van der Waals surface area contributed by atoms with E-state index in [0.29, 0.717) is 0 Å². The maximum atomic E-state index is 10.5. The van der Waals surface area contributed by atoms with E-state index < -0.39 is 18.2 Å². The van der Waals surface area contributed by atoms with Crippen LogP contribution in [0.3, 0.4) is 0 Å². The largest absolute Gasteiger partial charge is 0.461 e. The van der Waals surface area contributed by atoms with Gasteiger partial charge in [0.2, 0.25) is 0 Å². The monoisotopic (exact) mass is 148 g/mol. The maximum absolute atomic E-state index is 10.5. The second-order valence-corrected chi connectivity index (χ2v) is 2.16. The molecular weight excluding hydrogens is 136 g/mol. The van der Waals surface area contributed by atoms with Crippen molar-refractivity contribution in [3.8, 4) is 0 Å². The van der Waals surface area contributed by atoms with Crippen LogP contribution in [0.25, 0.3) is 0 Å². The number of carbonyl (C=O) groups is 1. The quantitative estimate of drug-likeness (QED) is 0.519. The Kier molecular flexibility index (Phi) is 3.99. The molecular formula is C6H12O4. The summed E-state index contributed by atoms with van der Waals surface area (Å²) in [5.41, 5.74) is 0. The van der Waals surface area contributed by atoms with E-state index in [-0.39, 0.29) is 6.61 Å². The molecule has 0 rings (SSSR count). The normalized spacial score (nSPS) is 16.0. The number of esters is 1. The third-order valence-corrected chi connectivity index (χ3v) is 0.808. The van der Waals surface area contributed by atoms with Crippen molar-refractivity contribution in [1.29, 1.82) is 0 Å². The van der Waals surface area contributed by atoms with Crippen molar-refractivity contribution < 1.29 is 19.7 Å². The molecule has 0 fully saturated rings. The molecule has 0 spiro atoms. The van der Waals surface area contributed by atoms with E-state index in [4.69, 9.17) is 10.2 Å². The van der Waals surface area contributed by atoms with Crippen LogP contribution in [0.2, 0.25) is 0 Å². The zero-order chi connectivity index (χ0) is 8.15. The second kappa shape index (κ2) is 4.24. The summed E-state index contributed by atoms with van der Waals surface area (Å²) < 4.78 is 4.43. The van der Waals surface area contributed by atoms with Gasteiger partial charge in [0.15, 0.2) is 0 Å². The van der Waals surface area contributed by atoms with Gasteiger partial charge >= 0.3 is 5.97 Å². The number of rotatable bonds is 3. The average molecular weight is 148 g/mol. The van der Waals surface area contributed by atoms with Gasteiger partial charge in [-0.15, -0.1) is 0 Å². The lowest BCUT2D eigenvalue weighted by atomic mass is 10.4. The molecule has 0 aromatic heterocycles. The number of carbonyl (C=O) groups excluding carboxylic acids is 1. The minimum atomic E-state index is -1.11. The van der Waals surface area contributed by atoms with Crippen LogP contribution in [0.15, 0.2) is 0 Å². The molecule has 0 saturated carbocycles. The van der Waals surface area contributed by atoms with E-state index in [0.717, 1.165) is 0 Å². The van der Waals surface area contributed by atoms with E-state index >= 15 is 0 Å². The topological polar surface area (TPSA) is 66.8 Å². The van der Waals surface area contributed by atoms with Crippen molar-refractivity contribution in [3.05, 3.63) is 0 Å². The van der Waals surface area contributed by atoms with Gasteiger partial charge in [-0.2, -0.15) is 0 Å². The Labute approximate surface area is 59.4 Å². The fourth-order valence-electron chi connectivity index (χ4n) is 0.323. The van der Waals surface area contributed by atoms with Gasteiger partial charge in [0.05, 0.1) is 6.10 Å². The van der Waals surface area contributed by atoms with E-state index in [1.54, 1.807) is 0 Å². The van der Waals surface area contributed by atoms with Gasteiger partial charge in [0.1, 0.15) is 12.7 Å². The predicted molar refractivity (Wildman–Crippen MR) is 34.3 cm³/mol. The molecule has 0 unspecified atom stereocenters. The molecule has 2 atom stereocenters. The SMILES string of the molecule is C[C@H](O)C(=O)OC[C@@H](C)O. The molecule has 0 aliphatic rings.